The van der Waals surface area contributed by atoms with Gasteiger partial charge in [0.15, 0.2) is 11.6 Å². The number of methoxy groups -OCH3 is 1. The van der Waals surface area contributed by atoms with Crippen molar-refractivity contribution >= 4 is 20.8 Å². The molecule has 0 heterocycles. The smallest absolute Gasteiger partial charge is 0.243 e. The van der Waals surface area contributed by atoms with Crippen molar-refractivity contribution < 1.29 is 21.9 Å². The molecule has 0 spiro atoms. The highest BCUT2D eigenvalue weighted by Crippen LogP contribution is 2.24. The Labute approximate surface area is 150 Å². The van der Waals surface area contributed by atoms with E-state index in [2.05, 4.69) is 0 Å². The second kappa shape index (κ2) is 7.01. The molecule has 0 bridgehead atoms. The first kappa shape index (κ1) is 18.3. The average molecular weight is 377 g/mol. The summed E-state index contributed by atoms with van der Waals surface area (Å²) in [6.45, 7) is 0.100. The van der Waals surface area contributed by atoms with Gasteiger partial charge in [0.2, 0.25) is 10.0 Å². The van der Waals surface area contributed by atoms with Crippen molar-refractivity contribution in [2.45, 2.75) is 11.4 Å². The van der Waals surface area contributed by atoms with Gasteiger partial charge in [0, 0.05) is 13.6 Å². The molecule has 0 amide bonds. The fourth-order valence-electron chi connectivity index (χ4n) is 2.66. The first-order valence-electron chi connectivity index (χ1n) is 7.79. The van der Waals surface area contributed by atoms with Crippen molar-refractivity contribution in [3.8, 4) is 5.75 Å². The number of ether oxygens (including phenoxy) is 1. The van der Waals surface area contributed by atoms with Crippen LogP contribution in [0.5, 0.6) is 5.75 Å². The van der Waals surface area contributed by atoms with Gasteiger partial charge in [-0.05, 0) is 52.7 Å². The van der Waals surface area contributed by atoms with Crippen LogP contribution in [-0.4, -0.2) is 26.9 Å². The number of fused-ring (bicyclic) bond motifs is 1. The molecule has 0 unspecified atom stereocenters. The van der Waals surface area contributed by atoms with Gasteiger partial charge in [0.1, 0.15) is 5.75 Å². The van der Waals surface area contributed by atoms with Crippen LogP contribution < -0.4 is 4.74 Å². The number of hydrogen-bond donors (Lipinski definition) is 0. The Kier molecular flexibility index (Phi) is 4.93. The minimum Gasteiger partial charge on any atom is -0.497 e. The maximum atomic E-state index is 13.4. The van der Waals surface area contributed by atoms with Gasteiger partial charge in [-0.25, -0.2) is 17.2 Å². The van der Waals surface area contributed by atoms with E-state index in [4.69, 9.17) is 4.74 Å². The van der Waals surface area contributed by atoms with Crippen LogP contribution in [0.25, 0.3) is 10.8 Å². The Morgan fingerprint density at radius 1 is 0.923 bits per heavy atom. The Balaban J connectivity index is 1.87. The van der Waals surface area contributed by atoms with E-state index in [0.29, 0.717) is 6.07 Å². The van der Waals surface area contributed by atoms with E-state index in [1.807, 2.05) is 36.4 Å². The van der Waals surface area contributed by atoms with Crippen LogP contribution in [0.3, 0.4) is 0 Å². The molecule has 0 N–H and O–H groups in total. The van der Waals surface area contributed by atoms with Crippen LogP contribution in [0.4, 0.5) is 8.78 Å². The summed E-state index contributed by atoms with van der Waals surface area (Å²) >= 11 is 0. The van der Waals surface area contributed by atoms with Gasteiger partial charge >= 0.3 is 0 Å². The summed E-state index contributed by atoms with van der Waals surface area (Å²) in [5.74, 6) is -1.54. The van der Waals surface area contributed by atoms with Crippen molar-refractivity contribution in [1.29, 1.82) is 0 Å². The number of nitrogens with zero attached hydrogens (tertiary/aromatic N) is 1. The topological polar surface area (TPSA) is 46.6 Å². The molecule has 0 fully saturated rings. The lowest BCUT2D eigenvalue weighted by atomic mass is 10.1. The Bertz CT molecular complexity index is 1070. The van der Waals surface area contributed by atoms with E-state index in [1.165, 1.54) is 7.05 Å². The number of sulfonamides is 1. The zero-order valence-electron chi connectivity index (χ0n) is 14.2. The number of halogens is 2. The van der Waals surface area contributed by atoms with Gasteiger partial charge < -0.3 is 4.74 Å². The van der Waals surface area contributed by atoms with E-state index in [-0.39, 0.29) is 11.4 Å². The molecule has 0 aliphatic carbocycles. The minimum absolute atomic E-state index is 0.100. The predicted molar refractivity (Wildman–Crippen MR) is 95.5 cm³/mol. The van der Waals surface area contributed by atoms with Gasteiger partial charge in [-0.1, -0.05) is 18.2 Å². The molecule has 0 aromatic heterocycles. The summed E-state index contributed by atoms with van der Waals surface area (Å²) in [6, 6.07) is 13.7. The van der Waals surface area contributed by atoms with E-state index in [0.717, 1.165) is 38.5 Å². The summed E-state index contributed by atoms with van der Waals surface area (Å²) in [7, 11) is -0.945. The molecule has 0 aliphatic heterocycles. The van der Waals surface area contributed by atoms with Crippen LogP contribution in [0.1, 0.15) is 5.56 Å². The van der Waals surface area contributed by atoms with Crippen LogP contribution >= 0.6 is 0 Å². The Hall–Kier alpha value is -2.51. The molecule has 7 heteroatoms. The number of rotatable bonds is 5. The molecule has 136 valence electrons. The second-order valence-corrected chi connectivity index (χ2v) is 7.93. The van der Waals surface area contributed by atoms with Crippen molar-refractivity contribution in [1.82, 2.24) is 4.31 Å². The van der Waals surface area contributed by atoms with Crippen LogP contribution in [-0.2, 0) is 16.6 Å². The third-order valence-corrected chi connectivity index (χ3v) is 5.92. The molecule has 0 aliphatic rings. The Morgan fingerprint density at radius 3 is 2.31 bits per heavy atom. The maximum Gasteiger partial charge on any atom is 0.243 e. The van der Waals surface area contributed by atoms with Gasteiger partial charge in [0.25, 0.3) is 0 Å². The summed E-state index contributed by atoms with van der Waals surface area (Å²) in [4.78, 5) is -0.288. The quantitative estimate of drug-likeness (QED) is 0.676. The predicted octanol–water partition coefficient (Wildman–Crippen LogP) is 3.95. The molecular formula is C19H17F2NO3S. The fourth-order valence-corrected chi connectivity index (χ4v) is 3.83. The average Bonchev–Trinajstić information content (AvgIpc) is 2.63. The molecule has 0 atom stereocenters. The highest BCUT2D eigenvalue weighted by molar-refractivity contribution is 7.89. The van der Waals surface area contributed by atoms with Gasteiger partial charge in [0.05, 0.1) is 12.0 Å². The van der Waals surface area contributed by atoms with Crippen molar-refractivity contribution in [3.05, 3.63) is 71.8 Å². The molecule has 3 aromatic rings. The summed E-state index contributed by atoms with van der Waals surface area (Å²) in [6.07, 6.45) is 0. The first-order valence-corrected chi connectivity index (χ1v) is 9.23. The van der Waals surface area contributed by atoms with Crippen molar-refractivity contribution in [3.63, 3.8) is 0 Å². The summed E-state index contributed by atoms with van der Waals surface area (Å²) in [5.41, 5.74) is 0.774. The van der Waals surface area contributed by atoms with Crippen molar-refractivity contribution in [2.75, 3.05) is 14.2 Å². The lowest BCUT2D eigenvalue weighted by molar-refractivity contribution is 0.415. The third-order valence-electron chi connectivity index (χ3n) is 4.12. The Morgan fingerprint density at radius 2 is 1.62 bits per heavy atom. The molecule has 26 heavy (non-hydrogen) atoms. The van der Waals surface area contributed by atoms with Gasteiger partial charge in [-0.2, -0.15) is 4.31 Å². The van der Waals surface area contributed by atoms with E-state index in [9.17, 15) is 17.2 Å². The lowest BCUT2D eigenvalue weighted by Crippen LogP contribution is -2.26. The zero-order chi connectivity index (χ0) is 18.9. The van der Waals surface area contributed by atoms with Gasteiger partial charge in [-0.15, -0.1) is 0 Å². The second-order valence-electron chi connectivity index (χ2n) is 5.88. The monoisotopic (exact) mass is 377 g/mol. The molecule has 0 saturated heterocycles. The zero-order valence-corrected chi connectivity index (χ0v) is 15.1. The van der Waals surface area contributed by atoms with Crippen LogP contribution in [0, 0.1) is 11.6 Å². The summed E-state index contributed by atoms with van der Waals surface area (Å²) in [5, 5.41) is 1.92. The van der Waals surface area contributed by atoms with Crippen molar-refractivity contribution in [2.24, 2.45) is 0 Å². The third kappa shape index (κ3) is 3.54. The molecule has 3 aromatic carbocycles. The first-order chi connectivity index (χ1) is 12.3. The molecule has 3 rings (SSSR count). The molecule has 0 radical (unpaired) electrons. The van der Waals surface area contributed by atoms with Crippen LogP contribution in [0.2, 0.25) is 0 Å². The fraction of sp³-hybridized carbons (Fsp3) is 0.158. The van der Waals surface area contributed by atoms with E-state index in [1.54, 1.807) is 7.11 Å². The number of hydrogen-bond acceptors (Lipinski definition) is 3. The molecule has 0 saturated carbocycles. The highest BCUT2D eigenvalue weighted by atomic mass is 32.2. The molecule has 4 nitrogen and oxygen atoms in total. The molecular weight excluding hydrogens is 360 g/mol. The lowest BCUT2D eigenvalue weighted by Gasteiger charge is -2.18. The SMILES string of the molecule is COc1ccc2cc(CN(C)S(=O)(=O)c3ccc(F)c(F)c3)ccc2c1. The standard InChI is InChI=1S/C19H17F2NO3S/c1-22(26(23,24)17-7-8-18(20)19(21)11-17)12-13-3-4-15-10-16(25-2)6-5-14(15)9-13/h3-11H,12H2,1-2H3. The maximum absolute atomic E-state index is 13.4. The minimum atomic E-state index is -3.93. The normalized spacial score (nSPS) is 11.9. The van der Waals surface area contributed by atoms with E-state index >= 15 is 0 Å². The number of benzene rings is 3. The van der Waals surface area contributed by atoms with E-state index < -0.39 is 21.7 Å². The largest absolute Gasteiger partial charge is 0.497 e. The highest BCUT2D eigenvalue weighted by Gasteiger charge is 2.22. The van der Waals surface area contributed by atoms with Gasteiger partial charge in [-0.3, -0.25) is 0 Å². The van der Waals surface area contributed by atoms with Crippen LogP contribution in [0.15, 0.2) is 59.5 Å². The summed E-state index contributed by atoms with van der Waals surface area (Å²) < 4.78 is 57.8.